The summed E-state index contributed by atoms with van der Waals surface area (Å²) in [7, 11) is 2.22. The molecule has 3 unspecified atom stereocenters. The first kappa shape index (κ1) is 15.9. The molecule has 2 N–H and O–H groups in total. The van der Waals surface area contributed by atoms with E-state index < -0.39 is 0 Å². The van der Waals surface area contributed by atoms with Crippen molar-refractivity contribution in [3.05, 3.63) is 0 Å². The van der Waals surface area contributed by atoms with Crippen LogP contribution in [0.1, 0.15) is 52.4 Å². The monoisotopic (exact) mass is 256 g/mol. The van der Waals surface area contributed by atoms with E-state index in [1.807, 2.05) is 0 Å². The molecule has 0 radical (unpaired) electrons. The van der Waals surface area contributed by atoms with E-state index in [-0.39, 0.29) is 0 Å². The molecule has 0 bridgehead atoms. The Kier molecular flexibility index (Phi) is 7.87. The predicted molar refractivity (Wildman–Crippen MR) is 77.8 cm³/mol. The van der Waals surface area contributed by atoms with Crippen molar-refractivity contribution >= 4 is 0 Å². The van der Waals surface area contributed by atoms with E-state index in [0.717, 1.165) is 25.5 Å². The zero-order chi connectivity index (χ0) is 13.4. The molecule has 0 amide bonds. The van der Waals surface area contributed by atoms with Gasteiger partial charge in [0.15, 0.2) is 0 Å². The van der Waals surface area contributed by atoms with Gasteiger partial charge in [-0.3, -0.25) is 0 Å². The molecule has 1 aliphatic rings. The maximum atomic E-state index is 5.78. The molecule has 3 heteroatoms. The second-order valence-electron chi connectivity index (χ2n) is 6.22. The lowest BCUT2D eigenvalue weighted by Crippen LogP contribution is -2.35. The molecule has 0 aromatic rings. The molecule has 0 aromatic heterocycles. The molecular formula is C15H32N2O. The van der Waals surface area contributed by atoms with Crippen LogP contribution in [-0.2, 0) is 4.74 Å². The van der Waals surface area contributed by atoms with Gasteiger partial charge in [0, 0.05) is 25.7 Å². The van der Waals surface area contributed by atoms with Gasteiger partial charge in [0.25, 0.3) is 0 Å². The third-order valence-electron chi connectivity index (χ3n) is 3.77. The van der Waals surface area contributed by atoms with Gasteiger partial charge in [-0.2, -0.15) is 0 Å². The molecule has 0 spiro atoms. The first-order valence-corrected chi connectivity index (χ1v) is 7.63. The van der Waals surface area contributed by atoms with Crippen LogP contribution in [0.3, 0.4) is 0 Å². The molecule has 1 rings (SSSR count). The highest BCUT2D eigenvalue weighted by molar-refractivity contribution is 4.69. The summed E-state index contributed by atoms with van der Waals surface area (Å²) in [6.07, 6.45) is 7.99. The van der Waals surface area contributed by atoms with Gasteiger partial charge in [-0.1, -0.05) is 13.3 Å². The van der Waals surface area contributed by atoms with Crippen molar-refractivity contribution in [3.63, 3.8) is 0 Å². The van der Waals surface area contributed by atoms with E-state index >= 15 is 0 Å². The maximum absolute atomic E-state index is 5.78. The number of ether oxygens (including phenoxy) is 1. The summed E-state index contributed by atoms with van der Waals surface area (Å²) in [6, 6.07) is 0.352. The SMILES string of the molecule is CC(N)CCCC(C)CN(C)CC1CCCCO1. The zero-order valence-electron chi connectivity index (χ0n) is 12.5. The largest absolute Gasteiger partial charge is 0.377 e. The predicted octanol–water partition coefficient (Wildman–Crippen LogP) is 2.64. The van der Waals surface area contributed by atoms with Crippen LogP contribution >= 0.6 is 0 Å². The third-order valence-corrected chi connectivity index (χ3v) is 3.77. The van der Waals surface area contributed by atoms with E-state index in [2.05, 4.69) is 25.8 Å². The summed E-state index contributed by atoms with van der Waals surface area (Å²) in [5.41, 5.74) is 5.78. The average Bonchev–Trinajstić information content (AvgIpc) is 2.29. The molecule has 3 nitrogen and oxygen atoms in total. The Morgan fingerprint density at radius 3 is 2.67 bits per heavy atom. The summed E-state index contributed by atoms with van der Waals surface area (Å²) in [5.74, 6) is 0.761. The van der Waals surface area contributed by atoms with E-state index in [4.69, 9.17) is 10.5 Å². The summed E-state index contributed by atoms with van der Waals surface area (Å²) in [5, 5.41) is 0. The Morgan fingerprint density at radius 2 is 2.06 bits per heavy atom. The zero-order valence-corrected chi connectivity index (χ0v) is 12.5. The molecule has 18 heavy (non-hydrogen) atoms. The number of hydrogen-bond donors (Lipinski definition) is 1. The topological polar surface area (TPSA) is 38.5 Å². The van der Waals surface area contributed by atoms with Gasteiger partial charge < -0.3 is 15.4 Å². The summed E-state index contributed by atoms with van der Waals surface area (Å²) >= 11 is 0. The molecule has 1 heterocycles. The van der Waals surface area contributed by atoms with Crippen LogP contribution in [0.5, 0.6) is 0 Å². The fraction of sp³-hybridized carbons (Fsp3) is 1.00. The van der Waals surface area contributed by atoms with Crippen molar-refractivity contribution < 1.29 is 4.74 Å². The van der Waals surface area contributed by atoms with Gasteiger partial charge in [-0.15, -0.1) is 0 Å². The number of rotatable bonds is 8. The highest BCUT2D eigenvalue weighted by atomic mass is 16.5. The molecule has 0 aromatic carbocycles. The average molecular weight is 256 g/mol. The number of likely N-dealkylation sites (N-methyl/N-ethyl adjacent to an activating group) is 1. The molecule has 1 aliphatic heterocycles. The molecular weight excluding hydrogens is 224 g/mol. The normalized spacial score (nSPS) is 24.2. The van der Waals surface area contributed by atoms with E-state index in [0.29, 0.717) is 12.1 Å². The molecule has 0 saturated carbocycles. The Hall–Kier alpha value is -0.120. The lowest BCUT2D eigenvalue weighted by Gasteiger charge is -2.29. The van der Waals surface area contributed by atoms with Crippen LogP contribution in [0, 0.1) is 5.92 Å². The van der Waals surface area contributed by atoms with Crippen molar-refractivity contribution in [1.29, 1.82) is 0 Å². The number of hydrogen-bond acceptors (Lipinski definition) is 3. The van der Waals surface area contributed by atoms with Crippen LogP contribution in [0.4, 0.5) is 0 Å². The van der Waals surface area contributed by atoms with Crippen LogP contribution in [0.25, 0.3) is 0 Å². The fourth-order valence-electron chi connectivity index (χ4n) is 2.79. The quantitative estimate of drug-likeness (QED) is 0.725. The summed E-state index contributed by atoms with van der Waals surface area (Å²) in [4.78, 5) is 2.44. The Morgan fingerprint density at radius 1 is 1.28 bits per heavy atom. The molecule has 3 atom stereocenters. The second-order valence-corrected chi connectivity index (χ2v) is 6.22. The minimum absolute atomic E-state index is 0.352. The van der Waals surface area contributed by atoms with E-state index in [1.165, 1.54) is 38.6 Å². The minimum Gasteiger partial charge on any atom is -0.377 e. The summed E-state index contributed by atoms with van der Waals surface area (Å²) in [6.45, 7) is 7.68. The number of nitrogens with two attached hydrogens (primary N) is 1. The summed E-state index contributed by atoms with van der Waals surface area (Å²) < 4.78 is 5.78. The van der Waals surface area contributed by atoms with Crippen molar-refractivity contribution in [2.24, 2.45) is 11.7 Å². The molecule has 1 fully saturated rings. The maximum Gasteiger partial charge on any atom is 0.0701 e. The van der Waals surface area contributed by atoms with Gasteiger partial charge in [-0.05, 0) is 52.0 Å². The molecule has 108 valence electrons. The molecule has 1 saturated heterocycles. The van der Waals surface area contributed by atoms with Gasteiger partial charge in [0.05, 0.1) is 6.10 Å². The Labute approximate surface area is 113 Å². The Bertz CT molecular complexity index is 203. The highest BCUT2D eigenvalue weighted by Crippen LogP contribution is 2.15. The third kappa shape index (κ3) is 7.34. The first-order valence-electron chi connectivity index (χ1n) is 7.63. The van der Waals surface area contributed by atoms with Crippen molar-refractivity contribution in [3.8, 4) is 0 Å². The second kappa shape index (κ2) is 8.89. The van der Waals surface area contributed by atoms with Crippen molar-refractivity contribution in [2.45, 2.75) is 64.5 Å². The molecule has 0 aliphatic carbocycles. The van der Waals surface area contributed by atoms with Gasteiger partial charge in [-0.25, -0.2) is 0 Å². The van der Waals surface area contributed by atoms with Crippen LogP contribution in [0.15, 0.2) is 0 Å². The van der Waals surface area contributed by atoms with Crippen molar-refractivity contribution in [1.82, 2.24) is 4.90 Å². The van der Waals surface area contributed by atoms with Crippen LogP contribution in [0.2, 0.25) is 0 Å². The fourth-order valence-corrected chi connectivity index (χ4v) is 2.79. The first-order chi connectivity index (χ1) is 8.58. The standard InChI is InChI=1S/C15H32N2O/c1-13(7-6-8-14(2)16)11-17(3)12-15-9-4-5-10-18-15/h13-15H,4-12,16H2,1-3H3. The van der Waals surface area contributed by atoms with Crippen molar-refractivity contribution in [2.75, 3.05) is 26.7 Å². The minimum atomic E-state index is 0.352. The van der Waals surface area contributed by atoms with Crippen LogP contribution < -0.4 is 5.73 Å². The number of nitrogens with zero attached hydrogens (tertiary/aromatic N) is 1. The lowest BCUT2D eigenvalue weighted by molar-refractivity contribution is -0.00331. The van der Waals surface area contributed by atoms with Crippen LogP contribution in [-0.4, -0.2) is 43.8 Å². The highest BCUT2D eigenvalue weighted by Gasteiger charge is 2.16. The smallest absolute Gasteiger partial charge is 0.0701 e. The Balaban J connectivity index is 2.08. The van der Waals surface area contributed by atoms with Gasteiger partial charge in [0.1, 0.15) is 0 Å². The lowest BCUT2D eigenvalue weighted by atomic mass is 10.0. The van der Waals surface area contributed by atoms with Gasteiger partial charge in [0.2, 0.25) is 0 Å². The van der Waals surface area contributed by atoms with Gasteiger partial charge >= 0.3 is 0 Å². The van der Waals surface area contributed by atoms with E-state index in [9.17, 15) is 0 Å². The van der Waals surface area contributed by atoms with E-state index in [1.54, 1.807) is 0 Å².